The van der Waals surface area contributed by atoms with Gasteiger partial charge in [-0.15, -0.1) is 0 Å². The van der Waals surface area contributed by atoms with Crippen molar-refractivity contribution in [2.75, 3.05) is 0 Å². The Morgan fingerprint density at radius 2 is 1.94 bits per heavy atom. The number of carboxylic acid groups (broad SMARTS) is 1. The van der Waals surface area contributed by atoms with Crippen molar-refractivity contribution in [3.8, 4) is 5.69 Å². The van der Waals surface area contributed by atoms with Crippen LogP contribution in [-0.4, -0.2) is 32.1 Å². The third-order valence-corrected chi connectivity index (χ3v) is 9.79. The summed E-state index contributed by atoms with van der Waals surface area (Å²) in [5.41, 5.74) is 3.92. The Balaban J connectivity index is 1.37. The Morgan fingerprint density at radius 3 is 2.67 bits per heavy atom. The lowest BCUT2D eigenvalue weighted by molar-refractivity contribution is -0.156. The molecule has 0 bridgehead atoms. The second-order valence-corrected chi connectivity index (χ2v) is 11.3. The van der Waals surface area contributed by atoms with E-state index in [-0.39, 0.29) is 28.5 Å². The van der Waals surface area contributed by atoms with E-state index in [2.05, 4.69) is 25.0 Å². The summed E-state index contributed by atoms with van der Waals surface area (Å²) >= 11 is 0. The summed E-state index contributed by atoms with van der Waals surface area (Å²) in [6, 6.07) is 6.40. The number of allylic oxidation sites excluding steroid dienone is 1. The highest BCUT2D eigenvalue weighted by Crippen LogP contribution is 2.66. The number of hydrogen-bond acceptors (Lipinski definition) is 3. The molecule has 0 spiro atoms. The maximum atomic E-state index is 13.4. The van der Waals surface area contributed by atoms with Crippen molar-refractivity contribution in [3.05, 3.63) is 53.1 Å². The van der Waals surface area contributed by atoms with Crippen LogP contribution in [0.5, 0.6) is 0 Å². The van der Waals surface area contributed by atoms with E-state index in [1.54, 1.807) is 12.1 Å². The molecule has 33 heavy (non-hydrogen) atoms. The van der Waals surface area contributed by atoms with Crippen LogP contribution in [0.1, 0.15) is 57.2 Å². The van der Waals surface area contributed by atoms with E-state index < -0.39 is 12.1 Å². The predicted molar refractivity (Wildman–Crippen MR) is 122 cm³/mol. The fraction of sp³-hybridized carbons (Fsp3) is 0.556. The van der Waals surface area contributed by atoms with Gasteiger partial charge in [-0.3, -0.25) is 4.79 Å². The average molecular weight is 451 g/mol. The van der Waals surface area contributed by atoms with E-state index in [4.69, 9.17) is 0 Å². The summed E-state index contributed by atoms with van der Waals surface area (Å²) in [5.74, 6) is -0.490. The minimum Gasteiger partial charge on any atom is -0.481 e. The molecule has 4 aliphatic rings. The van der Waals surface area contributed by atoms with E-state index in [9.17, 15) is 19.4 Å². The van der Waals surface area contributed by atoms with Gasteiger partial charge in [0.2, 0.25) is 0 Å². The topological polar surface area (TPSA) is 75.3 Å². The number of hydrogen-bond donors (Lipinski definition) is 2. The number of carboxylic acids is 1. The first-order valence-electron chi connectivity index (χ1n) is 12.2. The van der Waals surface area contributed by atoms with E-state index in [1.165, 1.54) is 17.7 Å². The molecular formula is C27H31FN2O3. The monoisotopic (exact) mass is 450 g/mol. The first-order valence-corrected chi connectivity index (χ1v) is 12.2. The second-order valence-electron chi connectivity index (χ2n) is 11.3. The maximum Gasteiger partial charge on any atom is 0.307 e. The Kier molecular flexibility index (Phi) is 4.48. The van der Waals surface area contributed by atoms with Crippen molar-refractivity contribution in [1.29, 1.82) is 0 Å². The molecule has 4 aliphatic carbocycles. The number of benzene rings is 1. The van der Waals surface area contributed by atoms with Crippen LogP contribution in [0, 0.1) is 40.3 Å². The predicted octanol–water partition coefficient (Wildman–Crippen LogP) is 4.87. The van der Waals surface area contributed by atoms with Gasteiger partial charge in [-0.05, 0) is 103 Å². The number of halogens is 1. The Morgan fingerprint density at radius 1 is 1.18 bits per heavy atom. The van der Waals surface area contributed by atoms with Crippen LogP contribution in [0.4, 0.5) is 4.39 Å². The van der Waals surface area contributed by atoms with Crippen molar-refractivity contribution in [2.45, 2.75) is 58.5 Å². The van der Waals surface area contributed by atoms with Gasteiger partial charge in [-0.1, -0.05) is 19.4 Å². The zero-order valence-corrected chi connectivity index (χ0v) is 19.2. The van der Waals surface area contributed by atoms with Crippen LogP contribution in [0.15, 0.2) is 36.0 Å². The molecule has 2 aromatic rings. The minimum absolute atomic E-state index is 0.130. The highest BCUT2D eigenvalue weighted by atomic mass is 19.1. The maximum absolute atomic E-state index is 13.4. The van der Waals surface area contributed by atoms with E-state index in [0.717, 1.165) is 49.0 Å². The zero-order valence-electron chi connectivity index (χ0n) is 19.2. The van der Waals surface area contributed by atoms with Gasteiger partial charge >= 0.3 is 5.97 Å². The molecule has 7 atom stereocenters. The van der Waals surface area contributed by atoms with Crippen molar-refractivity contribution < 1.29 is 19.4 Å². The van der Waals surface area contributed by atoms with Gasteiger partial charge in [0, 0.05) is 0 Å². The molecule has 0 aliphatic heterocycles. The Labute approximate surface area is 193 Å². The molecule has 2 N–H and O–H groups in total. The number of rotatable bonds is 2. The van der Waals surface area contributed by atoms with Gasteiger partial charge in [0.05, 0.1) is 29.6 Å². The molecule has 0 amide bonds. The molecule has 0 saturated heterocycles. The fourth-order valence-electron chi connectivity index (χ4n) is 8.38. The van der Waals surface area contributed by atoms with Gasteiger partial charge in [-0.2, -0.15) is 5.10 Å². The first kappa shape index (κ1) is 21.1. The minimum atomic E-state index is -0.705. The van der Waals surface area contributed by atoms with Crippen LogP contribution in [0.2, 0.25) is 0 Å². The summed E-state index contributed by atoms with van der Waals surface area (Å²) in [5, 5.41) is 26.0. The number of aliphatic carboxylic acids is 1. The molecule has 1 heterocycles. The van der Waals surface area contributed by atoms with E-state index >= 15 is 0 Å². The molecular weight excluding hydrogens is 419 g/mol. The number of aromatic nitrogens is 2. The number of fused-ring (bicyclic) bond motifs is 6. The number of aliphatic hydroxyl groups excluding tert-OH is 1. The third-order valence-electron chi connectivity index (χ3n) is 9.79. The SMILES string of the molecule is CC12Cc3cnn(-c4ccc(F)cc4)c3C=C1CCC1C2[C@@H](O)CC2(C)C(C(=O)O)CCC12. The largest absolute Gasteiger partial charge is 0.481 e. The fourth-order valence-corrected chi connectivity index (χ4v) is 8.38. The number of aliphatic hydroxyl groups is 1. The third kappa shape index (κ3) is 2.86. The van der Waals surface area contributed by atoms with Crippen LogP contribution < -0.4 is 0 Å². The molecule has 0 radical (unpaired) electrons. The van der Waals surface area contributed by atoms with Crippen LogP contribution >= 0.6 is 0 Å². The molecule has 6 unspecified atom stereocenters. The smallest absolute Gasteiger partial charge is 0.307 e. The van der Waals surface area contributed by atoms with Gasteiger partial charge in [0.25, 0.3) is 0 Å². The molecule has 1 aromatic heterocycles. The number of carbonyl (C=O) groups is 1. The molecule has 3 saturated carbocycles. The van der Waals surface area contributed by atoms with Crippen molar-refractivity contribution in [1.82, 2.24) is 9.78 Å². The van der Waals surface area contributed by atoms with Crippen molar-refractivity contribution in [3.63, 3.8) is 0 Å². The summed E-state index contributed by atoms with van der Waals surface area (Å²) in [4.78, 5) is 12.0. The lowest BCUT2D eigenvalue weighted by atomic mass is 9.46. The summed E-state index contributed by atoms with van der Waals surface area (Å²) in [6.07, 6.45) is 8.68. The average Bonchev–Trinajstić information content (AvgIpc) is 3.32. The van der Waals surface area contributed by atoms with Crippen molar-refractivity contribution in [2.24, 2.45) is 34.5 Å². The summed E-state index contributed by atoms with van der Waals surface area (Å²) in [7, 11) is 0. The normalized spacial score (nSPS) is 39.2. The van der Waals surface area contributed by atoms with Gasteiger partial charge < -0.3 is 10.2 Å². The lowest BCUT2D eigenvalue weighted by Crippen LogP contribution is -2.57. The zero-order chi connectivity index (χ0) is 23.1. The standard InChI is InChI=1S/C27H31FN2O3/c1-26-12-15-14-29-30(18-6-4-17(28)5-7-18)22(15)11-16(26)3-8-19-20-9-10-21(25(32)33)27(20,2)13-23(31)24(19)26/h4-7,11,14,19-21,23-24,31H,3,8-10,12-13H2,1-2H3,(H,32,33)/t19?,20?,21?,23-,24?,26?,27?/m0/s1. The molecule has 6 rings (SSSR count). The quantitative estimate of drug-likeness (QED) is 0.685. The van der Waals surface area contributed by atoms with Gasteiger partial charge in [-0.25, -0.2) is 9.07 Å². The van der Waals surface area contributed by atoms with E-state index in [0.29, 0.717) is 18.3 Å². The molecule has 5 nitrogen and oxygen atoms in total. The van der Waals surface area contributed by atoms with E-state index in [1.807, 2.05) is 10.9 Å². The second kappa shape index (κ2) is 7.02. The highest BCUT2D eigenvalue weighted by Gasteiger charge is 2.63. The molecule has 1 aromatic carbocycles. The first-order chi connectivity index (χ1) is 15.7. The van der Waals surface area contributed by atoms with Gasteiger partial charge in [0.1, 0.15) is 5.82 Å². The molecule has 174 valence electrons. The van der Waals surface area contributed by atoms with Crippen LogP contribution in [0.3, 0.4) is 0 Å². The Bertz CT molecular complexity index is 1150. The highest BCUT2D eigenvalue weighted by molar-refractivity contribution is 5.71. The van der Waals surface area contributed by atoms with Crippen LogP contribution in [-0.2, 0) is 11.2 Å². The van der Waals surface area contributed by atoms with Gasteiger partial charge in [0.15, 0.2) is 0 Å². The summed E-state index contributed by atoms with van der Waals surface area (Å²) in [6.45, 7) is 4.41. The van der Waals surface area contributed by atoms with Crippen molar-refractivity contribution >= 4 is 12.0 Å². The summed E-state index contributed by atoms with van der Waals surface area (Å²) < 4.78 is 15.3. The molecule has 3 fully saturated rings. The Hall–Kier alpha value is -2.47. The van der Waals surface area contributed by atoms with Crippen LogP contribution in [0.25, 0.3) is 11.8 Å². The number of nitrogens with zero attached hydrogens (tertiary/aromatic N) is 2. The molecule has 6 heteroatoms. The lowest BCUT2D eigenvalue weighted by Gasteiger charge is -2.59.